The van der Waals surface area contributed by atoms with E-state index in [1.807, 2.05) is 30.0 Å². The molecule has 7 nitrogen and oxygen atoms in total. The minimum Gasteiger partial charge on any atom is -0.450 e. The zero-order valence-corrected chi connectivity index (χ0v) is 14.6. The van der Waals surface area contributed by atoms with Gasteiger partial charge in [-0.3, -0.25) is 14.5 Å². The third kappa shape index (κ3) is 3.37. The first-order valence-corrected chi connectivity index (χ1v) is 8.61. The van der Waals surface area contributed by atoms with Gasteiger partial charge in [-0.25, -0.2) is 9.69 Å². The van der Waals surface area contributed by atoms with Gasteiger partial charge in [0.05, 0.1) is 24.8 Å². The van der Waals surface area contributed by atoms with Crippen LogP contribution in [0.5, 0.6) is 0 Å². The van der Waals surface area contributed by atoms with Crippen molar-refractivity contribution in [1.82, 2.24) is 9.80 Å². The summed E-state index contributed by atoms with van der Waals surface area (Å²) < 4.78 is 5.01. The second-order valence-electron chi connectivity index (χ2n) is 6.30. The summed E-state index contributed by atoms with van der Waals surface area (Å²) in [7, 11) is 0. The molecule has 0 aromatic heterocycles. The fraction of sp³-hybridized carbons (Fsp3) is 0.500. The first kappa shape index (κ1) is 17.4. The van der Waals surface area contributed by atoms with Crippen LogP contribution in [0.2, 0.25) is 0 Å². The van der Waals surface area contributed by atoms with E-state index in [2.05, 4.69) is 0 Å². The predicted octanol–water partition coefficient (Wildman–Crippen LogP) is 1.40. The molecule has 0 radical (unpaired) electrons. The van der Waals surface area contributed by atoms with Crippen molar-refractivity contribution in [2.45, 2.75) is 26.3 Å². The number of piperazine rings is 1. The van der Waals surface area contributed by atoms with E-state index >= 15 is 0 Å². The van der Waals surface area contributed by atoms with E-state index in [1.165, 1.54) is 4.90 Å². The molecule has 1 aromatic carbocycles. The number of benzene rings is 1. The highest BCUT2D eigenvalue weighted by Crippen LogP contribution is 2.28. The maximum atomic E-state index is 12.8. The number of rotatable bonds is 3. The molecule has 2 aliphatic rings. The highest BCUT2D eigenvalue weighted by Gasteiger charge is 2.44. The molecule has 0 spiro atoms. The molecule has 2 aliphatic heterocycles. The number of carbonyl (C=O) groups excluding carboxylic acids is 3. The highest BCUT2D eigenvalue weighted by atomic mass is 16.6. The minimum atomic E-state index is -0.448. The van der Waals surface area contributed by atoms with Crippen LogP contribution < -0.4 is 4.90 Å². The van der Waals surface area contributed by atoms with Crippen LogP contribution >= 0.6 is 0 Å². The summed E-state index contributed by atoms with van der Waals surface area (Å²) in [5.41, 5.74) is 1.56. The molecule has 3 rings (SSSR count). The fourth-order valence-electron chi connectivity index (χ4n) is 3.40. The topological polar surface area (TPSA) is 70.2 Å². The van der Waals surface area contributed by atoms with Gasteiger partial charge < -0.3 is 9.64 Å². The van der Waals surface area contributed by atoms with Crippen LogP contribution in [0.15, 0.2) is 24.3 Å². The molecule has 3 amide bonds. The van der Waals surface area contributed by atoms with E-state index < -0.39 is 6.04 Å². The Morgan fingerprint density at radius 1 is 1.16 bits per heavy atom. The zero-order valence-electron chi connectivity index (χ0n) is 14.6. The SMILES string of the molecule is CCOC(=O)N1CCN([C@H]2CC(=O)N(c3ccccc3C)C2=O)CC1. The Kier molecular flexibility index (Phi) is 5.03. The van der Waals surface area contributed by atoms with Gasteiger partial charge in [0.25, 0.3) is 5.91 Å². The molecule has 2 saturated heterocycles. The maximum Gasteiger partial charge on any atom is 0.409 e. The monoisotopic (exact) mass is 345 g/mol. The van der Waals surface area contributed by atoms with E-state index in [0.29, 0.717) is 38.5 Å². The average molecular weight is 345 g/mol. The van der Waals surface area contributed by atoms with Crippen LogP contribution in [-0.2, 0) is 14.3 Å². The minimum absolute atomic E-state index is 0.169. The van der Waals surface area contributed by atoms with Gasteiger partial charge in [-0.05, 0) is 25.5 Å². The first-order valence-electron chi connectivity index (χ1n) is 8.61. The van der Waals surface area contributed by atoms with Crippen molar-refractivity contribution in [3.8, 4) is 0 Å². The summed E-state index contributed by atoms with van der Waals surface area (Å²) >= 11 is 0. The van der Waals surface area contributed by atoms with E-state index in [9.17, 15) is 14.4 Å². The van der Waals surface area contributed by atoms with Crippen LogP contribution in [0.1, 0.15) is 18.9 Å². The lowest BCUT2D eigenvalue weighted by Gasteiger charge is -2.36. The van der Waals surface area contributed by atoms with E-state index in [1.54, 1.807) is 17.9 Å². The summed E-state index contributed by atoms with van der Waals surface area (Å²) in [5, 5.41) is 0. The van der Waals surface area contributed by atoms with Gasteiger partial charge in [0.1, 0.15) is 0 Å². The van der Waals surface area contributed by atoms with Gasteiger partial charge >= 0.3 is 6.09 Å². The van der Waals surface area contributed by atoms with Gasteiger partial charge in [0.15, 0.2) is 0 Å². The lowest BCUT2D eigenvalue weighted by Crippen LogP contribution is -2.54. The van der Waals surface area contributed by atoms with Gasteiger partial charge in [-0.2, -0.15) is 0 Å². The number of imide groups is 1. The number of hydrogen-bond acceptors (Lipinski definition) is 5. The van der Waals surface area contributed by atoms with Crippen molar-refractivity contribution in [3.05, 3.63) is 29.8 Å². The van der Waals surface area contributed by atoms with Crippen molar-refractivity contribution < 1.29 is 19.1 Å². The Morgan fingerprint density at radius 2 is 1.84 bits per heavy atom. The van der Waals surface area contributed by atoms with E-state index in [0.717, 1.165) is 5.56 Å². The Morgan fingerprint density at radius 3 is 2.48 bits per heavy atom. The summed E-state index contributed by atoms with van der Waals surface area (Å²) in [6.45, 7) is 6.13. The molecule has 2 fully saturated rings. The van der Waals surface area contributed by atoms with Crippen molar-refractivity contribution in [2.24, 2.45) is 0 Å². The molecule has 0 bridgehead atoms. The summed E-state index contributed by atoms with van der Waals surface area (Å²) in [4.78, 5) is 42.0. The number of hydrogen-bond donors (Lipinski definition) is 0. The number of aryl methyl sites for hydroxylation is 1. The molecular weight excluding hydrogens is 322 g/mol. The number of ether oxygens (including phenoxy) is 1. The van der Waals surface area contributed by atoms with E-state index in [-0.39, 0.29) is 24.3 Å². The normalized spacial score (nSPS) is 21.8. The second kappa shape index (κ2) is 7.23. The van der Waals surface area contributed by atoms with Crippen molar-refractivity contribution in [3.63, 3.8) is 0 Å². The lowest BCUT2D eigenvalue weighted by atomic mass is 10.1. The number of anilines is 1. The quantitative estimate of drug-likeness (QED) is 0.775. The van der Waals surface area contributed by atoms with E-state index in [4.69, 9.17) is 4.74 Å². The van der Waals surface area contributed by atoms with Crippen LogP contribution in [-0.4, -0.2) is 66.5 Å². The second-order valence-corrected chi connectivity index (χ2v) is 6.30. The van der Waals surface area contributed by atoms with Crippen molar-refractivity contribution in [1.29, 1.82) is 0 Å². The molecule has 0 saturated carbocycles. The predicted molar refractivity (Wildman–Crippen MR) is 92.2 cm³/mol. The molecule has 25 heavy (non-hydrogen) atoms. The molecule has 0 N–H and O–H groups in total. The first-order chi connectivity index (χ1) is 12.0. The standard InChI is InChI=1S/C18H23N3O4/c1-3-25-18(24)20-10-8-19(9-11-20)15-12-16(22)21(17(15)23)14-7-5-4-6-13(14)2/h4-7,15H,3,8-12H2,1-2H3/t15-/m0/s1. The average Bonchev–Trinajstić information content (AvgIpc) is 2.90. The molecule has 2 heterocycles. The summed E-state index contributed by atoms with van der Waals surface area (Å²) in [6, 6.07) is 6.95. The number of amides is 3. The maximum absolute atomic E-state index is 12.8. The molecular formula is C18H23N3O4. The zero-order chi connectivity index (χ0) is 18.0. The summed E-state index contributed by atoms with van der Waals surface area (Å²) in [6.07, 6.45) is -0.135. The largest absolute Gasteiger partial charge is 0.450 e. The third-order valence-electron chi connectivity index (χ3n) is 4.76. The molecule has 0 unspecified atom stereocenters. The smallest absolute Gasteiger partial charge is 0.409 e. The van der Waals surface area contributed by atoms with Gasteiger partial charge in [-0.1, -0.05) is 18.2 Å². The Bertz CT molecular complexity index is 683. The summed E-state index contributed by atoms with van der Waals surface area (Å²) in [5.74, 6) is -0.346. The number of nitrogens with zero attached hydrogens (tertiary/aromatic N) is 3. The van der Waals surface area contributed by atoms with Gasteiger partial charge in [0.2, 0.25) is 5.91 Å². The van der Waals surface area contributed by atoms with Crippen molar-refractivity contribution >= 4 is 23.6 Å². The van der Waals surface area contributed by atoms with Crippen LogP contribution in [0.25, 0.3) is 0 Å². The Labute approximate surface area is 147 Å². The highest BCUT2D eigenvalue weighted by molar-refractivity contribution is 6.22. The molecule has 7 heteroatoms. The molecule has 1 atom stereocenters. The number of carbonyl (C=O) groups is 3. The van der Waals surface area contributed by atoms with Crippen LogP contribution in [0, 0.1) is 6.92 Å². The molecule has 134 valence electrons. The Balaban J connectivity index is 1.67. The molecule has 1 aromatic rings. The van der Waals surface area contributed by atoms with Gasteiger partial charge in [-0.15, -0.1) is 0 Å². The molecule has 0 aliphatic carbocycles. The van der Waals surface area contributed by atoms with Crippen LogP contribution in [0.3, 0.4) is 0 Å². The van der Waals surface area contributed by atoms with Crippen LogP contribution in [0.4, 0.5) is 10.5 Å². The third-order valence-corrected chi connectivity index (χ3v) is 4.76. The fourth-order valence-corrected chi connectivity index (χ4v) is 3.40. The van der Waals surface area contributed by atoms with Gasteiger partial charge in [0, 0.05) is 26.2 Å². The number of para-hydroxylation sites is 1. The lowest BCUT2D eigenvalue weighted by molar-refractivity contribution is -0.123. The Hall–Kier alpha value is -2.41. The van der Waals surface area contributed by atoms with Crippen molar-refractivity contribution in [2.75, 3.05) is 37.7 Å².